The second kappa shape index (κ2) is 15.8. The Hall–Kier alpha value is -0.920. The molecular weight excluding hydrogens is 692 g/mol. The van der Waals surface area contributed by atoms with Crippen LogP contribution in [-0.4, -0.2) is 241 Å². The van der Waals surface area contributed by atoms with Crippen LogP contribution in [0.15, 0.2) is 0 Å². The van der Waals surface area contributed by atoms with Gasteiger partial charge in [0, 0.05) is 12.8 Å². The van der Waals surface area contributed by atoms with E-state index in [1.54, 1.807) is 0 Å². The van der Waals surface area contributed by atoms with Gasteiger partial charge in [-0.3, -0.25) is 0 Å². The maximum atomic E-state index is 11.6. The maximum absolute atomic E-state index is 11.6. The molecule has 4 rings (SSSR count). The Bertz CT molecular complexity index is 1020. The van der Waals surface area contributed by atoms with E-state index in [0.717, 1.165) is 0 Å². The standard InChI is InChI=1S/C27H48O23/c28-3-10-14(35)18(39)22(43)24(45-10,49-26(7-32)20(41)16(37)12(5-30)47-26)1-9(34)2-25(23(44)19(40)15(36)11(4-29)46-25)50-27(8-33)21(42)17(38)13(6-31)48-27/h9-23,28-44H,1-8H2/t9?,10-,11-,12-,13-,14-,15-,16-,17-,18+,19+,20+,21+,22-,23-,24+,25+,26?,27?/m1/s1. The summed E-state index contributed by atoms with van der Waals surface area (Å²) in [5, 5.41) is 178. The second-order valence-corrected chi connectivity index (χ2v) is 12.9. The number of hydrogen-bond donors (Lipinski definition) is 17. The lowest BCUT2D eigenvalue weighted by atomic mass is 9.84. The average Bonchev–Trinajstić information content (AvgIpc) is 3.49. The van der Waals surface area contributed by atoms with Crippen LogP contribution < -0.4 is 0 Å². The third kappa shape index (κ3) is 7.05. The van der Waals surface area contributed by atoms with Gasteiger partial charge in [0.25, 0.3) is 0 Å². The maximum Gasteiger partial charge on any atom is 0.224 e. The Morgan fingerprint density at radius 2 is 0.660 bits per heavy atom. The van der Waals surface area contributed by atoms with Crippen LogP contribution in [0.1, 0.15) is 12.8 Å². The van der Waals surface area contributed by atoms with Gasteiger partial charge in [-0.25, -0.2) is 0 Å². The van der Waals surface area contributed by atoms with E-state index in [-0.39, 0.29) is 0 Å². The Labute approximate surface area is 282 Å². The molecule has 0 bridgehead atoms. The first-order chi connectivity index (χ1) is 23.4. The van der Waals surface area contributed by atoms with Crippen molar-refractivity contribution in [1.82, 2.24) is 0 Å². The van der Waals surface area contributed by atoms with Gasteiger partial charge in [-0.15, -0.1) is 0 Å². The lowest BCUT2D eigenvalue weighted by Gasteiger charge is -2.53. The fraction of sp³-hybridized carbons (Fsp3) is 1.00. The highest BCUT2D eigenvalue weighted by molar-refractivity contribution is 5.06. The summed E-state index contributed by atoms with van der Waals surface area (Å²) in [4.78, 5) is 0. The molecule has 17 N–H and O–H groups in total. The zero-order valence-electron chi connectivity index (χ0n) is 26.4. The SMILES string of the molecule is OC[C@H]1OC(CO)(O[C@]2(CC(O)C[C@@]3(OC4(CO)O[C@H](CO)[C@@H](O)[C@@H]4O)O[C@H](CO)[C@@H](O)[C@H](O)[C@H]3O)O[C@H](CO)[C@@H](O)[C@H](O)[C@H]2O)[C@@H](O)[C@@H]1O. The number of aliphatic hydroxyl groups excluding tert-OH is 17. The van der Waals surface area contributed by atoms with Crippen molar-refractivity contribution >= 4 is 0 Å². The van der Waals surface area contributed by atoms with Gasteiger partial charge in [0.05, 0.1) is 32.5 Å². The minimum atomic E-state index is -2.98. The summed E-state index contributed by atoms with van der Waals surface area (Å²) in [6, 6.07) is 0. The van der Waals surface area contributed by atoms with Crippen molar-refractivity contribution in [3.05, 3.63) is 0 Å². The summed E-state index contributed by atoms with van der Waals surface area (Å²) in [5.41, 5.74) is 0. The third-order valence-corrected chi connectivity index (χ3v) is 9.62. The van der Waals surface area contributed by atoms with Gasteiger partial charge < -0.3 is 115 Å². The summed E-state index contributed by atoms with van der Waals surface area (Å²) < 4.78 is 33.4. The molecule has 0 aromatic carbocycles. The lowest BCUT2D eigenvalue weighted by Crippen LogP contribution is -2.71. The Kier molecular flexibility index (Phi) is 13.2. The highest BCUT2D eigenvalue weighted by atomic mass is 16.8. The summed E-state index contributed by atoms with van der Waals surface area (Å²) >= 11 is 0. The molecule has 294 valence electrons. The molecule has 4 saturated heterocycles. The predicted molar refractivity (Wildman–Crippen MR) is 150 cm³/mol. The quantitative estimate of drug-likeness (QED) is 0.0786. The predicted octanol–water partition coefficient (Wildman–Crippen LogP) is -10.9. The number of ether oxygens (including phenoxy) is 6. The van der Waals surface area contributed by atoms with Crippen LogP contribution in [0.25, 0.3) is 0 Å². The van der Waals surface area contributed by atoms with Gasteiger partial charge >= 0.3 is 0 Å². The molecular formula is C27H48O23. The summed E-state index contributed by atoms with van der Waals surface area (Å²) in [5.74, 6) is -11.6. The van der Waals surface area contributed by atoms with Gasteiger partial charge in [-0.2, -0.15) is 0 Å². The van der Waals surface area contributed by atoms with Crippen molar-refractivity contribution in [2.45, 2.75) is 128 Å². The Balaban J connectivity index is 1.78. The van der Waals surface area contributed by atoms with Gasteiger partial charge in [0.1, 0.15) is 98.7 Å². The number of aliphatic hydroxyl groups is 17. The first-order valence-electron chi connectivity index (χ1n) is 15.7. The smallest absolute Gasteiger partial charge is 0.224 e. The van der Waals surface area contributed by atoms with Crippen LogP contribution in [0.4, 0.5) is 0 Å². The van der Waals surface area contributed by atoms with E-state index in [0.29, 0.717) is 0 Å². The largest absolute Gasteiger partial charge is 0.394 e. The molecule has 4 aliphatic rings. The molecule has 0 spiro atoms. The van der Waals surface area contributed by atoms with Gasteiger partial charge in [0.2, 0.25) is 23.1 Å². The van der Waals surface area contributed by atoms with Crippen LogP contribution in [0.5, 0.6) is 0 Å². The van der Waals surface area contributed by atoms with Crippen LogP contribution in [0, 0.1) is 0 Å². The highest BCUT2D eigenvalue weighted by Gasteiger charge is 2.67. The van der Waals surface area contributed by atoms with E-state index < -0.39 is 167 Å². The topological polar surface area (TPSA) is 399 Å². The number of rotatable bonds is 14. The molecule has 2 unspecified atom stereocenters. The minimum Gasteiger partial charge on any atom is -0.394 e. The summed E-state index contributed by atoms with van der Waals surface area (Å²) in [6.07, 6.45) is -33.4. The van der Waals surface area contributed by atoms with E-state index in [4.69, 9.17) is 28.4 Å². The van der Waals surface area contributed by atoms with E-state index >= 15 is 0 Å². The molecule has 50 heavy (non-hydrogen) atoms. The first kappa shape index (κ1) is 41.8. The molecule has 0 saturated carbocycles. The summed E-state index contributed by atoms with van der Waals surface area (Å²) in [7, 11) is 0. The molecule has 0 aromatic heterocycles. The van der Waals surface area contributed by atoms with E-state index in [9.17, 15) is 86.8 Å². The normalized spacial score (nSPS) is 52.0. The van der Waals surface area contributed by atoms with Crippen LogP contribution in [-0.2, 0) is 28.4 Å². The lowest BCUT2D eigenvalue weighted by molar-refractivity contribution is -0.448. The molecule has 0 aliphatic carbocycles. The van der Waals surface area contributed by atoms with Crippen LogP contribution >= 0.6 is 0 Å². The molecule has 4 heterocycles. The van der Waals surface area contributed by atoms with Crippen molar-refractivity contribution in [3.63, 3.8) is 0 Å². The van der Waals surface area contributed by atoms with Crippen molar-refractivity contribution in [3.8, 4) is 0 Å². The molecule has 23 nitrogen and oxygen atoms in total. The Morgan fingerprint density at radius 1 is 0.400 bits per heavy atom. The van der Waals surface area contributed by atoms with Crippen molar-refractivity contribution in [2.24, 2.45) is 0 Å². The molecule has 0 radical (unpaired) electrons. The van der Waals surface area contributed by atoms with E-state index in [1.165, 1.54) is 0 Å². The van der Waals surface area contributed by atoms with Gasteiger partial charge in [-0.1, -0.05) is 0 Å². The summed E-state index contributed by atoms with van der Waals surface area (Å²) in [6.45, 7) is -6.74. The number of hydrogen-bond acceptors (Lipinski definition) is 23. The fourth-order valence-corrected chi connectivity index (χ4v) is 6.82. The molecule has 4 fully saturated rings. The van der Waals surface area contributed by atoms with E-state index in [2.05, 4.69) is 0 Å². The minimum absolute atomic E-state index is 0.940. The third-order valence-electron chi connectivity index (χ3n) is 9.62. The highest BCUT2D eigenvalue weighted by Crippen LogP contribution is 2.46. The fourth-order valence-electron chi connectivity index (χ4n) is 6.82. The molecule has 18 atom stereocenters. The van der Waals surface area contributed by atoms with Crippen LogP contribution in [0.2, 0.25) is 0 Å². The molecule has 0 amide bonds. The van der Waals surface area contributed by atoms with Gasteiger partial charge in [0.15, 0.2) is 0 Å². The second-order valence-electron chi connectivity index (χ2n) is 12.9. The van der Waals surface area contributed by atoms with E-state index in [1.807, 2.05) is 0 Å². The molecule has 23 heteroatoms. The monoisotopic (exact) mass is 740 g/mol. The van der Waals surface area contributed by atoms with Crippen molar-refractivity contribution in [1.29, 1.82) is 0 Å². The average molecular weight is 741 g/mol. The zero-order chi connectivity index (χ0) is 37.6. The first-order valence-corrected chi connectivity index (χ1v) is 15.7. The van der Waals surface area contributed by atoms with Gasteiger partial charge in [-0.05, 0) is 0 Å². The molecule has 0 aromatic rings. The van der Waals surface area contributed by atoms with Crippen molar-refractivity contribution in [2.75, 3.05) is 39.6 Å². The van der Waals surface area contributed by atoms with Crippen LogP contribution in [0.3, 0.4) is 0 Å². The molecule has 4 aliphatic heterocycles. The zero-order valence-corrected chi connectivity index (χ0v) is 26.4. The van der Waals surface area contributed by atoms with Crippen molar-refractivity contribution < 1.29 is 115 Å². The Morgan fingerprint density at radius 3 is 0.920 bits per heavy atom.